The third-order valence-corrected chi connectivity index (χ3v) is 9.62. The zero-order chi connectivity index (χ0) is 37.6. The number of fused-ring (bicyclic) bond motifs is 3. The monoisotopic (exact) mass is 727 g/mol. The standard InChI is InChI=1S/C44H57NO8/c1-32-7-12-38-39-13-8-33(2)28-41(39)44(40(38)27-32,36-10-9-35(34(3)29-36)31-52-24-23-50-20-19-48-16-15-46)37-11-14-43(42(30-37)45(4)5)53-26-25-51-22-21-49-18-17-47-6/h7-14,27-30,46H,15-26,31H2,1-6H3. The molecule has 0 saturated carbocycles. The Hall–Kier alpha value is -3.80. The first-order valence-electron chi connectivity index (χ1n) is 18.6. The van der Waals surface area contributed by atoms with Crippen molar-refractivity contribution in [2.75, 3.05) is 105 Å². The number of aliphatic hydroxyl groups excluding tert-OH is 1. The van der Waals surface area contributed by atoms with E-state index in [4.69, 9.17) is 38.3 Å². The molecule has 5 rings (SSSR count). The minimum absolute atomic E-state index is 0.0171. The maximum atomic E-state index is 8.84. The summed E-state index contributed by atoms with van der Waals surface area (Å²) in [5.74, 6) is 0.811. The first-order valence-corrected chi connectivity index (χ1v) is 18.6. The lowest BCUT2D eigenvalue weighted by Crippen LogP contribution is -2.29. The molecule has 53 heavy (non-hydrogen) atoms. The third-order valence-electron chi connectivity index (χ3n) is 9.62. The molecule has 4 aromatic carbocycles. The largest absolute Gasteiger partial charge is 0.489 e. The molecule has 0 amide bonds. The van der Waals surface area contributed by atoms with Gasteiger partial charge >= 0.3 is 0 Å². The summed E-state index contributed by atoms with van der Waals surface area (Å²) < 4.78 is 39.5. The van der Waals surface area contributed by atoms with Gasteiger partial charge in [0.15, 0.2) is 0 Å². The molecule has 1 N–H and O–H groups in total. The minimum atomic E-state index is -0.562. The molecule has 0 atom stereocenters. The van der Waals surface area contributed by atoms with Gasteiger partial charge in [-0.05, 0) is 77.4 Å². The number of hydrogen-bond acceptors (Lipinski definition) is 9. The normalized spacial score (nSPS) is 12.9. The second-order valence-electron chi connectivity index (χ2n) is 13.6. The summed E-state index contributed by atoms with van der Waals surface area (Å²) in [6.07, 6.45) is 0. The fraction of sp³-hybridized carbons (Fsp3) is 0.455. The minimum Gasteiger partial charge on any atom is -0.489 e. The van der Waals surface area contributed by atoms with E-state index in [-0.39, 0.29) is 6.61 Å². The number of anilines is 1. The van der Waals surface area contributed by atoms with Crippen LogP contribution >= 0.6 is 0 Å². The summed E-state index contributed by atoms with van der Waals surface area (Å²) in [7, 11) is 5.79. The van der Waals surface area contributed by atoms with Gasteiger partial charge in [-0.2, -0.15) is 0 Å². The zero-order valence-corrected chi connectivity index (χ0v) is 32.4. The Balaban J connectivity index is 1.44. The van der Waals surface area contributed by atoms with Crippen LogP contribution in [0.5, 0.6) is 5.75 Å². The predicted octanol–water partition coefficient (Wildman–Crippen LogP) is 6.64. The quantitative estimate of drug-likeness (QED) is 0.0745. The Bertz CT molecular complexity index is 1700. The lowest BCUT2D eigenvalue weighted by molar-refractivity contribution is 0.00444. The van der Waals surface area contributed by atoms with E-state index >= 15 is 0 Å². The number of hydrogen-bond donors (Lipinski definition) is 1. The highest BCUT2D eigenvalue weighted by atomic mass is 16.6. The highest BCUT2D eigenvalue weighted by molar-refractivity contribution is 5.87. The number of nitrogens with zero attached hydrogens (tertiary/aromatic N) is 1. The van der Waals surface area contributed by atoms with Crippen LogP contribution in [0.15, 0.2) is 72.8 Å². The molecule has 0 heterocycles. The van der Waals surface area contributed by atoms with Crippen LogP contribution in [-0.4, -0.2) is 106 Å². The molecule has 286 valence electrons. The van der Waals surface area contributed by atoms with Gasteiger partial charge in [0.05, 0.1) is 90.4 Å². The van der Waals surface area contributed by atoms with E-state index in [9.17, 15) is 0 Å². The molecule has 0 aliphatic heterocycles. The lowest BCUT2D eigenvalue weighted by Gasteiger charge is -2.35. The number of methoxy groups -OCH3 is 1. The lowest BCUT2D eigenvalue weighted by atomic mass is 9.67. The molecule has 9 nitrogen and oxygen atoms in total. The highest BCUT2D eigenvalue weighted by Gasteiger charge is 2.46. The van der Waals surface area contributed by atoms with Crippen LogP contribution in [0, 0.1) is 20.8 Å². The number of rotatable bonds is 23. The average Bonchev–Trinajstić information content (AvgIpc) is 3.43. The second-order valence-corrected chi connectivity index (χ2v) is 13.6. The fourth-order valence-electron chi connectivity index (χ4n) is 7.01. The molecule has 0 unspecified atom stereocenters. The van der Waals surface area contributed by atoms with E-state index < -0.39 is 5.41 Å². The topological polar surface area (TPSA) is 88.1 Å². The zero-order valence-electron chi connectivity index (χ0n) is 32.4. The summed E-state index contributed by atoms with van der Waals surface area (Å²) in [6, 6.07) is 27.2. The van der Waals surface area contributed by atoms with Crippen molar-refractivity contribution in [1.29, 1.82) is 0 Å². The Kier molecular flexibility index (Phi) is 15.3. The molecule has 1 aliphatic rings. The number of aliphatic hydroxyl groups is 1. The molecule has 0 bridgehead atoms. The number of aryl methyl sites for hydroxylation is 3. The van der Waals surface area contributed by atoms with Gasteiger partial charge in [0.25, 0.3) is 0 Å². The van der Waals surface area contributed by atoms with Crippen LogP contribution in [0.4, 0.5) is 5.69 Å². The third kappa shape index (κ3) is 9.85. The molecule has 4 aromatic rings. The van der Waals surface area contributed by atoms with Crippen molar-refractivity contribution in [3.05, 3.63) is 117 Å². The van der Waals surface area contributed by atoms with Crippen molar-refractivity contribution >= 4 is 5.69 Å². The molecule has 0 saturated heterocycles. The Morgan fingerprint density at radius 1 is 0.566 bits per heavy atom. The Labute approximate surface area is 315 Å². The van der Waals surface area contributed by atoms with Crippen molar-refractivity contribution < 1.29 is 38.3 Å². The van der Waals surface area contributed by atoms with Gasteiger partial charge < -0.3 is 43.2 Å². The van der Waals surface area contributed by atoms with E-state index in [1.54, 1.807) is 7.11 Å². The van der Waals surface area contributed by atoms with Crippen LogP contribution < -0.4 is 9.64 Å². The molecular formula is C44H57NO8. The molecule has 0 spiro atoms. The first-order chi connectivity index (χ1) is 25.8. The van der Waals surface area contributed by atoms with Crippen LogP contribution in [0.25, 0.3) is 11.1 Å². The van der Waals surface area contributed by atoms with E-state index in [2.05, 4.69) is 113 Å². The molecule has 1 aliphatic carbocycles. The van der Waals surface area contributed by atoms with Crippen molar-refractivity contribution in [3.8, 4) is 16.9 Å². The van der Waals surface area contributed by atoms with Gasteiger partial charge in [0, 0.05) is 21.2 Å². The maximum absolute atomic E-state index is 8.84. The Morgan fingerprint density at radius 2 is 1.09 bits per heavy atom. The maximum Gasteiger partial charge on any atom is 0.142 e. The summed E-state index contributed by atoms with van der Waals surface area (Å²) in [4.78, 5) is 2.12. The highest BCUT2D eigenvalue weighted by Crippen LogP contribution is 2.57. The van der Waals surface area contributed by atoms with Crippen LogP contribution in [-0.2, 0) is 40.4 Å². The van der Waals surface area contributed by atoms with Crippen molar-refractivity contribution in [1.82, 2.24) is 0 Å². The van der Waals surface area contributed by atoms with E-state index in [1.165, 1.54) is 50.1 Å². The van der Waals surface area contributed by atoms with Crippen molar-refractivity contribution in [2.45, 2.75) is 32.8 Å². The van der Waals surface area contributed by atoms with Gasteiger partial charge in [-0.25, -0.2) is 0 Å². The van der Waals surface area contributed by atoms with Gasteiger partial charge in [-0.15, -0.1) is 0 Å². The van der Waals surface area contributed by atoms with Crippen LogP contribution in [0.2, 0.25) is 0 Å². The Morgan fingerprint density at radius 3 is 1.66 bits per heavy atom. The smallest absolute Gasteiger partial charge is 0.142 e. The van der Waals surface area contributed by atoms with E-state index in [0.717, 1.165) is 17.0 Å². The van der Waals surface area contributed by atoms with E-state index in [0.29, 0.717) is 79.3 Å². The summed E-state index contributed by atoms with van der Waals surface area (Å²) in [5.41, 5.74) is 12.7. The predicted molar refractivity (Wildman–Crippen MR) is 210 cm³/mol. The average molecular weight is 728 g/mol. The van der Waals surface area contributed by atoms with Crippen molar-refractivity contribution in [2.24, 2.45) is 0 Å². The van der Waals surface area contributed by atoms with Crippen LogP contribution in [0.1, 0.15) is 44.5 Å². The molecule has 0 fully saturated rings. The summed E-state index contributed by atoms with van der Waals surface area (Å²) in [6.45, 7) is 12.3. The first kappa shape index (κ1) is 40.4. The molecule has 0 aromatic heterocycles. The summed E-state index contributed by atoms with van der Waals surface area (Å²) in [5, 5.41) is 8.84. The number of ether oxygens (including phenoxy) is 7. The SMILES string of the molecule is COCCOCCOCCOc1ccc(C2(c3ccc(COCCOCCOCCO)c(C)c3)c3cc(C)ccc3-c3ccc(C)cc32)cc1N(C)C. The second kappa shape index (κ2) is 20.0. The van der Waals surface area contributed by atoms with Gasteiger partial charge in [-0.1, -0.05) is 71.8 Å². The molecular weight excluding hydrogens is 670 g/mol. The van der Waals surface area contributed by atoms with Gasteiger partial charge in [0.2, 0.25) is 0 Å². The van der Waals surface area contributed by atoms with Crippen LogP contribution in [0.3, 0.4) is 0 Å². The van der Waals surface area contributed by atoms with Gasteiger partial charge in [0.1, 0.15) is 12.4 Å². The van der Waals surface area contributed by atoms with Crippen molar-refractivity contribution in [3.63, 3.8) is 0 Å². The number of benzene rings is 4. The summed E-state index contributed by atoms with van der Waals surface area (Å²) >= 11 is 0. The fourth-order valence-corrected chi connectivity index (χ4v) is 7.01. The molecule has 0 radical (unpaired) electrons. The molecule has 9 heteroatoms. The van der Waals surface area contributed by atoms with Gasteiger partial charge in [-0.3, -0.25) is 0 Å². The van der Waals surface area contributed by atoms with E-state index in [1.807, 2.05) is 0 Å².